The zero-order valence-corrected chi connectivity index (χ0v) is 20.8. The number of hydrogen-bond acceptors (Lipinski definition) is 5. The van der Waals surface area contributed by atoms with E-state index >= 15 is 0 Å². The predicted molar refractivity (Wildman–Crippen MR) is 143 cm³/mol. The van der Waals surface area contributed by atoms with Crippen molar-refractivity contribution >= 4 is 40.4 Å². The second-order valence-corrected chi connectivity index (χ2v) is 9.38. The number of thiocarbonyl (C=S) groups is 1. The maximum atomic E-state index is 5.84. The lowest BCUT2D eigenvalue weighted by atomic mass is 9.94. The zero-order chi connectivity index (χ0) is 23.7. The molecule has 1 unspecified atom stereocenters. The second kappa shape index (κ2) is 9.44. The summed E-state index contributed by atoms with van der Waals surface area (Å²) in [6.07, 6.45) is 2.07. The van der Waals surface area contributed by atoms with Crippen LogP contribution in [0.4, 0.5) is 5.69 Å². The highest BCUT2D eigenvalue weighted by Gasteiger charge is 2.34. The molecule has 0 aliphatic carbocycles. The summed E-state index contributed by atoms with van der Waals surface area (Å²) < 4.78 is 5.83. The lowest BCUT2D eigenvalue weighted by molar-refractivity contribution is 0.404. The van der Waals surface area contributed by atoms with Gasteiger partial charge in [-0.1, -0.05) is 65.3 Å². The molecule has 170 valence electrons. The van der Waals surface area contributed by atoms with Crippen LogP contribution >= 0.6 is 24.0 Å². The van der Waals surface area contributed by atoms with Gasteiger partial charge in [0.1, 0.15) is 0 Å². The maximum absolute atomic E-state index is 5.84. The minimum absolute atomic E-state index is 0.214. The maximum Gasteiger partial charge on any atom is 0.258 e. The molecular weight excluding hydrogens is 460 g/mol. The van der Waals surface area contributed by atoms with Crippen molar-refractivity contribution in [3.8, 4) is 11.4 Å². The van der Waals surface area contributed by atoms with Crippen molar-refractivity contribution in [1.82, 2.24) is 15.5 Å². The average molecular weight is 485 g/mol. The van der Waals surface area contributed by atoms with Gasteiger partial charge in [0.05, 0.1) is 11.6 Å². The summed E-state index contributed by atoms with van der Waals surface area (Å²) in [7, 11) is 0. The van der Waals surface area contributed by atoms with Gasteiger partial charge in [-0.25, -0.2) is 0 Å². The molecule has 0 fully saturated rings. The molecule has 0 amide bonds. The molecule has 0 spiro atoms. The highest BCUT2D eigenvalue weighted by Crippen LogP contribution is 2.39. The van der Waals surface area contributed by atoms with E-state index in [0.29, 0.717) is 16.8 Å². The number of aryl methyl sites for hydroxylation is 1. The van der Waals surface area contributed by atoms with Crippen LogP contribution in [-0.4, -0.2) is 21.5 Å². The number of anilines is 1. The fourth-order valence-corrected chi connectivity index (χ4v) is 4.88. The molecule has 1 aromatic heterocycles. The predicted octanol–water partition coefficient (Wildman–Crippen LogP) is 6.63. The summed E-state index contributed by atoms with van der Waals surface area (Å²) in [5.74, 6) is 1.03. The highest BCUT2D eigenvalue weighted by molar-refractivity contribution is 7.98. The number of allylic oxidation sites excluding steroid dienone is 1. The Morgan fingerprint density at radius 3 is 2.32 bits per heavy atom. The van der Waals surface area contributed by atoms with E-state index < -0.39 is 0 Å². The molecule has 0 bridgehead atoms. The first-order chi connectivity index (χ1) is 16.5. The van der Waals surface area contributed by atoms with Crippen molar-refractivity contribution in [2.75, 3.05) is 11.2 Å². The van der Waals surface area contributed by atoms with Gasteiger partial charge in [-0.2, -0.15) is 4.98 Å². The molecule has 5 rings (SSSR count). The lowest BCUT2D eigenvalue weighted by Gasteiger charge is -2.37. The minimum Gasteiger partial charge on any atom is -0.351 e. The first-order valence-electron chi connectivity index (χ1n) is 11.0. The van der Waals surface area contributed by atoms with Crippen molar-refractivity contribution in [1.29, 1.82) is 0 Å². The van der Waals surface area contributed by atoms with Crippen molar-refractivity contribution in [2.45, 2.75) is 24.8 Å². The van der Waals surface area contributed by atoms with Gasteiger partial charge in [0.25, 0.3) is 5.89 Å². The van der Waals surface area contributed by atoms with Crippen LogP contribution in [0.25, 0.3) is 17.0 Å². The zero-order valence-electron chi connectivity index (χ0n) is 19.1. The van der Waals surface area contributed by atoms with Crippen molar-refractivity contribution in [3.05, 3.63) is 102 Å². The van der Waals surface area contributed by atoms with Gasteiger partial charge in [0, 0.05) is 21.8 Å². The first kappa shape index (κ1) is 22.4. The molecule has 2 heterocycles. The van der Waals surface area contributed by atoms with E-state index in [1.54, 1.807) is 11.8 Å². The Morgan fingerprint density at radius 2 is 1.65 bits per heavy atom. The number of rotatable bonds is 5. The lowest BCUT2D eigenvalue weighted by Crippen LogP contribution is -2.46. The van der Waals surface area contributed by atoms with Crippen molar-refractivity contribution < 1.29 is 4.52 Å². The van der Waals surface area contributed by atoms with Crippen LogP contribution in [0, 0.1) is 6.92 Å². The van der Waals surface area contributed by atoms with Gasteiger partial charge >= 0.3 is 0 Å². The van der Waals surface area contributed by atoms with Crippen LogP contribution in [0.3, 0.4) is 0 Å². The Labute approximate surface area is 208 Å². The molecule has 3 aromatic carbocycles. The van der Waals surface area contributed by atoms with Crippen LogP contribution in [0.2, 0.25) is 0 Å². The first-order valence-corrected chi connectivity index (χ1v) is 12.6. The monoisotopic (exact) mass is 484 g/mol. The quantitative estimate of drug-likeness (QED) is 0.252. The van der Waals surface area contributed by atoms with E-state index in [1.165, 1.54) is 10.5 Å². The van der Waals surface area contributed by atoms with E-state index in [4.69, 9.17) is 21.7 Å². The second-order valence-electron chi connectivity index (χ2n) is 8.11. The summed E-state index contributed by atoms with van der Waals surface area (Å²) in [4.78, 5) is 8.02. The van der Waals surface area contributed by atoms with E-state index in [0.717, 1.165) is 28.1 Å². The van der Waals surface area contributed by atoms with Crippen LogP contribution < -0.4 is 10.2 Å². The molecule has 7 heteroatoms. The highest BCUT2D eigenvalue weighted by atomic mass is 32.2. The molecule has 1 atom stereocenters. The molecule has 1 N–H and O–H groups in total. The normalized spacial score (nSPS) is 16.0. The summed E-state index contributed by atoms with van der Waals surface area (Å²) in [6, 6.07) is 26.4. The Balaban J connectivity index is 1.64. The van der Waals surface area contributed by atoms with E-state index in [1.807, 2.05) is 35.2 Å². The van der Waals surface area contributed by atoms with Gasteiger partial charge in [-0.15, -0.1) is 11.8 Å². The largest absolute Gasteiger partial charge is 0.351 e. The minimum atomic E-state index is -0.214. The molecule has 1 aliphatic heterocycles. The molecule has 0 saturated carbocycles. The number of hydrogen-bond donors (Lipinski definition) is 1. The van der Waals surface area contributed by atoms with E-state index in [9.17, 15) is 0 Å². The summed E-state index contributed by atoms with van der Waals surface area (Å²) in [6.45, 7) is 4.13. The molecule has 34 heavy (non-hydrogen) atoms. The molecule has 0 radical (unpaired) electrons. The third-order valence-corrected chi connectivity index (χ3v) is 6.96. The molecule has 0 saturated heterocycles. The topological polar surface area (TPSA) is 54.2 Å². The third kappa shape index (κ3) is 4.24. The third-order valence-electron chi connectivity index (χ3n) is 5.91. The van der Waals surface area contributed by atoms with Gasteiger partial charge in [0.15, 0.2) is 5.11 Å². The number of aromatic nitrogens is 2. The van der Waals surface area contributed by atoms with E-state index in [2.05, 4.69) is 79.1 Å². The molecule has 5 nitrogen and oxygen atoms in total. The van der Waals surface area contributed by atoms with Crippen LogP contribution in [-0.2, 0) is 0 Å². The van der Waals surface area contributed by atoms with Crippen molar-refractivity contribution in [3.63, 3.8) is 0 Å². The van der Waals surface area contributed by atoms with Gasteiger partial charge in [0.2, 0.25) is 5.82 Å². The van der Waals surface area contributed by atoms with Gasteiger partial charge in [-0.05, 0) is 62.2 Å². The average Bonchev–Trinajstić information content (AvgIpc) is 3.35. The Bertz CT molecular complexity index is 1350. The standard InChI is InChI=1S/C27H24N4OS2/c1-17-9-13-21(14-10-17)31-18(2)23(26-29-25(30-32-26)20-7-5-4-6-8-20)24(28-27(31)33)19-11-15-22(34-3)16-12-19/h4-16,24H,1-3H3,(H,28,33). The fourth-order valence-electron chi connectivity index (χ4n) is 4.11. The van der Waals surface area contributed by atoms with Crippen LogP contribution in [0.1, 0.15) is 30.0 Å². The van der Waals surface area contributed by atoms with E-state index in [-0.39, 0.29) is 6.04 Å². The van der Waals surface area contributed by atoms with Gasteiger partial charge in [-0.3, -0.25) is 4.90 Å². The van der Waals surface area contributed by atoms with Crippen LogP contribution in [0.15, 0.2) is 94.0 Å². The van der Waals surface area contributed by atoms with Gasteiger partial charge < -0.3 is 9.84 Å². The smallest absolute Gasteiger partial charge is 0.258 e. The number of nitrogens with one attached hydrogen (secondary N) is 1. The number of thioether (sulfide) groups is 1. The Hall–Kier alpha value is -3.42. The molecule has 4 aromatic rings. The summed E-state index contributed by atoms with van der Waals surface area (Å²) in [5.41, 5.74) is 6.02. The number of benzene rings is 3. The van der Waals surface area contributed by atoms with Crippen molar-refractivity contribution in [2.24, 2.45) is 0 Å². The summed E-state index contributed by atoms with van der Waals surface area (Å²) >= 11 is 7.55. The summed E-state index contributed by atoms with van der Waals surface area (Å²) in [5, 5.41) is 8.43. The number of nitrogens with zero attached hydrogens (tertiary/aromatic N) is 3. The Morgan fingerprint density at radius 1 is 0.941 bits per heavy atom. The molecule has 1 aliphatic rings. The Kier molecular flexibility index (Phi) is 6.22. The van der Waals surface area contributed by atoms with Crippen LogP contribution in [0.5, 0.6) is 0 Å². The SMILES string of the molecule is CSc1ccc(C2NC(=S)N(c3ccc(C)cc3)C(C)=C2c2nc(-c3ccccc3)no2)cc1. The molecular formula is C27H24N4OS2. The fraction of sp³-hybridized carbons (Fsp3) is 0.148.